The number of ether oxygens (including phenoxy) is 1. The van der Waals surface area contributed by atoms with E-state index < -0.39 is 6.09 Å². The molecule has 2 aliphatic rings. The van der Waals surface area contributed by atoms with Crippen molar-refractivity contribution in [3.05, 3.63) is 68.1 Å². The zero-order chi connectivity index (χ0) is 21.1. The SMILES string of the molecule is O=C(O)N1CCN([C@@H]2Cc3ccccc3C2COCCc2cc(Br)cc(Br)c2)CC1. The Bertz CT molecular complexity index is 880. The summed E-state index contributed by atoms with van der Waals surface area (Å²) in [6.07, 6.45) is 1.06. The molecule has 0 bridgehead atoms. The number of piperazine rings is 1. The van der Waals surface area contributed by atoms with Crippen LogP contribution in [0.3, 0.4) is 0 Å². The van der Waals surface area contributed by atoms with E-state index in [0.717, 1.165) is 34.9 Å². The molecule has 2 atom stereocenters. The molecule has 7 heteroatoms. The van der Waals surface area contributed by atoms with Gasteiger partial charge in [-0.2, -0.15) is 0 Å². The topological polar surface area (TPSA) is 53.0 Å². The fraction of sp³-hybridized carbons (Fsp3) is 0.435. The molecule has 30 heavy (non-hydrogen) atoms. The van der Waals surface area contributed by atoms with Gasteiger partial charge in [0.15, 0.2) is 0 Å². The highest BCUT2D eigenvalue weighted by Crippen LogP contribution is 2.37. The molecule has 5 nitrogen and oxygen atoms in total. The van der Waals surface area contributed by atoms with Gasteiger partial charge in [-0.15, -0.1) is 0 Å². The number of benzene rings is 2. The zero-order valence-corrected chi connectivity index (χ0v) is 19.9. The quantitative estimate of drug-likeness (QED) is 0.539. The highest BCUT2D eigenvalue weighted by molar-refractivity contribution is 9.11. The monoisotopic (exact) mass is 536 g/mol. The summed E-state index contributed by atoms with van der Waals surface area (Å²) in [5.74, 6) is 0.326. The molecule has 1 heterocycles. The average molecular weight is 538 g/mol. The Morgan fingerprint density at radius 3 is 2.47 bits per heavy atom. The van der Waals surface area contributed by atoms with Gasteiger partial charge in [0.1, 0.15) is 0 Å². The molecule has 4 rings (SSSR count). The van der Waals surface area contributed by atoms with Crippen molar-refractivity contribution >= 4 is 38.0 Å². The molecule has 1 unspecified atom stereocenters. The lowest BCUT2D eigenvalue weighted by Crippen LogP contribution is -2.53. The second-order valence-electron chi connectivity index (χ2n) is 7.98. The smallest absolute Gasteiger partial charge is 0.407 e. The molecule has 1 amide bonds. The molecule has 1 N–H and O–H groups in total. The molecule has 1 aliphatic heterocycles. The van der Waals surface area contributed by atoms with E-state index in [0.29, 0.717) is 38.3 Å². The van der Waals surface area contributed by atoms with Gasteiger partial charge in [-0.05, 0) is 47.7 Å². The molecule has 160 valence electrons. The maximum Gasteiger partial charge on any atom is 0.407 e. The van der Waals surface area contributed by atoms with Gasteiger partial charge in [-0.3, -0.25) is 4.90 Å². The summed E-state index contributed by atoms with van der Waals surface area (Å²) in [6, 6.07) is 15.3. The molecule has 0 spiro atoms. The Labute approximate surface area is 194 Å². The maximum atomic E-state index is 11.2. The van der Waals surface area contributed by atoms with Gasteiger partial charge in [0.05, 0.1) is 13.2 Å². The lowest BCUT2D eigenvalue weighted by Gasteiger charge is -2.39. The van der Waals surface area contributed by atoms with Crippen molar-refractivity contribution in [1.29, 1.82) is 0 Å². The molecule has 1 saturated heterocycles. The number of amides is 1. The second-order valence-corrected chi connectivity index (χ2v) is 9.82. The van der Waals surface area contributed by atoms with Crippen molar-refractivity contribution in [1.82, 2.24) is 9.80 Å². The summed E-state index contributed by atoms with van der Waals surface area (Å²) in [6.45, 7) is 4.10. The van der Waals surface area contributed by atoms with Crippen LogP contribution < -0.4 is 0 Å². The summed E-state index contributed by atoms with van der Waals surface area (Å²) < 4.78 is 8.31. The van der Waals surface area contributed by atoms with E-state index in [1.807, 2.05) is 6.07 Å². The summed E-state index contributed by atoms with van der Waals surface area (Å²) in [7, 11) is 0. The first kappa shape index (κ1) is 21.8. The third-order valence-corrected chi connectivity index (χ3v) is 7.07. The van der Waals surface area contributed by atoms with Crippen molar-refractivity contribution in [2.45, 2.75) is 24.8 Å². The van der Waals surface area contributed by atoms with Gasteiger partial charge < -0.3 is 14.7 Å². The summed E-state index contributed by atoms with van der Waals surface area (Å²) in [5, 5.41) is 9.24. The number of carboxylic acid groups (broad SMARTS) is 1. The predicted molar refractivity (Wildman–Crippen MR) is 124 cm³/mol. The molecule has 0 aromatic heterocycles. The first-order valence-corrected chi connectivity index (χ1v) is 11.9. The number of halogens is 2. The van der Waals surface area contributed by atoms with E-state index in [1.54, 1.807) is 0 Å². The fourth-order valence-corrected chi connectivity index (χ4v) is 6.03. The molecule has 2 aromatic carbocycles. The van der Waals surface area contributed by atoms with Crippen LogP contribution in [-0.4, -0.2) is 66.4 Å². The highest BCUT2D eigenvalue weighted by atomic mass is 79.9. The molecule has 1 aliphatic carbocycles. The van der Waals surface area contributed by atoms with Gasteiger partial charge in [0.25, 0.3) is 0 Å². The van der Waals surface area contributed by atoms with Gasteiger partial charge in [-0.25, -0.2) is 4.79 Å². The summed E-state index contributed by atoms with van der Waals surface area (Å²) >= 11 is 7.08. The van der Waals surface area contributed by atoms with Gasteiger partial charge >= 0.3 is 6.09 Å². The fourth-order valence-electron chi connectivity index (χ4n) is 4.64. The van der Waals surface area contributed by atoms with Crippen molar-refractivity contribution in [2.24, 2.45) is 0 Å². The molecular formula is C23H26Br2N2O3. The van der Waals surface area contributed by atoms with Crippen LogP contribution in [0.25, 0.3) is 0 Å². The van der Waals surface area contributed by atoms with Crippen LogP contribution in [0.4, 0.5) is 4.79 Å². The number of hydrogen-bond acceptors (Lipinski definition) is 3. The van der Waals surface area contributed by atoms with Crippen LogP contribution in [0.15, 0.2) is 51.4 Å². The Morgan fingerprint density at radius 2 is 1.77 bits per heavy atom. The van der Waals surface area contributed by atoms with Crippen LogP contribution in [0.2, 0.25) is 0 Å². The number of carbonyl (C=O) groups is 1. The van der Waals surface area contributed by atoms with Crippen molar-refractivity contribution in [3.63, 3.8) is 0 Å². The minimum Gasteiger partial charge on any atom is -0.465 e. The lowest BCUT2D eigenvalue weighted by molar-refractivity contribution is 0.0552. The summed E-state index contributed by atoms with van der Waals surface area (Å²) in [4.78, 5) is 15.2. The van der Waals surface area contributed by atoms with Crippen molar-refractivity contribution in [3.8, 4) is 0 Å². The van der Waals surface area contributed by atoms with E-state index in [4.69, 9.17) is 4.74 Å². The predicted octanol–water partition coefficient (Wildman–Crippen LogP) is 4.77. The molecule has 1 fully saturated rings. The normalized spacial score (nSPS) is 21.6. The Morgan fingerprint density at radius 1 is 1.07 bits per heavy atom. The third kappa shape index (κ3) is 5.07. The highest BCUT2D eigenvalue weighted by Gasteiger charge is 2.37. The average Bonchev–Trinajstić information content (AvgIpc) is 3.09. The number of hydrogen-bond donors (Lipinski definition) is 1. The number of rotatable bonds is 6. The molecule has 2 aromatic rings. The maximum absolute atomic E-state index is 11.2. The standard InChI is InChI=1S/C23H26Br2N2O3/c24-18-11-16(12-19(25)14-18)5-10-30-15-21-20-4-2-1-3-17(20)13-22(21)26-6-8-27(9-7-26)23(28)29/h1-4,11-12,14,21-22H,5-10,13,15H2,(H,28,29)/t21?,22-/m1/s1. The minimum absolute atomic E-state index is 0.326. The second kappa shape index (κ2) is 9.81. The lowest BCUT2D eigenvalue weighted by atomic mass is 9.97. The first-order valence-electron chi connectivity index (χ1n) is 10.3. The van der Waals surface area contributed by atoms with Gasteiger partial charge in [0.2, 0.25) is 0 Å². The number of fused-ring (bicyclic) bond motifs is 1. The Kier molecular flexibility index (Phi) is 7.13. The van der Waals surface area contributed by atoms with E-state index in [-0.39, 0.29) is 0 Å². The number of nitrogens with zero attached hydrogens (tertiary/aromatic N) is 2. The van der Waals surface area contributed by atoms with Crippen molar-refractivity contribution in [2.75, 3.05) is 39.4 Å². The third-order valence-electron chi connectivity index (χ3n) is 6.16. The van der Waals surface area contributed by atoms with E-state index >= 15 is 0 Å². The van der Waals surface area contributed by atoms with Gasteiger partial charge in [0, 0.05) is 47.1 Å². The van der Waals surface area contributed by atoms with E-state index in [2.05, 4.69) is 73.2 Å². The molecule has 0 radical (unpaired) electrons. The van der Waals surface area contributed by atoms with E-state index in [1.165, 1.54) is 21.6 Å². The molecule has 0 saturated carbocycles. The Balaban J connectivity index is 1.38. The first-order chi connectivity index (χ1) is 14.5. The largest absolute Gasteiger partial charge is 0.465 e. The Hall–Kier alpha value is -1.41. The van der Waals surface area contributed by atoms with Crippen LogP contribution in [0, 0.1) is 0 Å². The minimum atomic E-state index is -0.816. The van der Waals surface area contributed by atoms with Crippen LogP contribution in [0.1, 0.15) is 22.6 Å². The molecular weight excluding hydrogens is 512 g/mol. The van der Waals surface area contributed by atoms with Crippen LogP contribution in [-0.2, 0) is 17.6 Å². The van der Waals surface area contributed by atoms with E-state index in [9.17, 15) is 9.90 Å². The van der Waals surface area contributed by atoms with Gasteiger partial charge in [-0.1, -0.05) is 56.1 Å². The zero-order valence-electron chi connectivity index (χ0n) is 16.8. The van der Waals surface area contributed by atoms with Crippen molar-refractivity contribution < 1.29 is 14.6 Å². The van der Waals surface area contributed by atoms with Crippen LogP contribution in [0.5, 0.6) is 0 Å². The summed E-state index contributed by atoms with van der Waals surface area (Å²) in [5.41, 5.74) is 4.02. The van der Waals surface area contributed by atoms with Crippen LogP contribution >= 0.6 is 31.9 Å².